The van der Waals surface area contributed by atoms with Crippen LogP contribution >= 0.6 is 11.6 Å². The SMILES string of the molecule is CCCN(CC(=O)O)c1ncc(C(N)=O)cc1Cl. The number of hydrogen-bond acceptors (Lipinski definition) is 4. The van der Waals surface area contributed by atoms with Gasteiger partial charge in [-0.1, -0.05) is 18.5 Å². The Morgan fingerprint density at radius 2 is 2.22 bits per heavy atom. The Labute approximate surface area is 109 Å². The highest BCUT2D eigenvalue weighted by atomic mass is 35.5. The molecule has 7 heteroatoms. The summed E-state index contributed by atoms with van der Waals surface area (Å²) in [5, 5.41) is 9.03. The van der Waals surface area contributed by atoms with Crippen LogP contribution in [-0.4, -0.2) is 35.1 Å². The predicted molar refractivity (Wildman–Crippen MR) is 67.9 cm³/mol. The number of anilines is 1. The standard InChI is InChI=1S/C11H14ClN3O3/c1-2-3-15(6-9(16)17)11-8(12)4-7(5-14-11)10(13)18/h4-5H,2-3,6H2,1H3,(H2,13,18)(H,16,17). The molecule has 1 heterocycles. The summed E-state index contributed by atoms with van der Waals surface area (Å²) in [5.74, 6) is -1.26. The zero-order chi connectivity index (χ0) is 13.7. The molecule has 1 aromatic heterocycles. The molecule has 1 amide bonds. The fourth-order valence-electron chi connectivity index (χ4n) is 1.49. The van der Waals surface area contributed by atoms with E-state index >= 15 is 0 Å². The van der Waals surface area contributed by atoms with Gasteiger partial charge in [-0.25, -0.2) is 4.98 Å². The van der Waals surface area contributed by atoms with Crippen molar-refractivity contribution in [3.8, 4) is 0 Å². The minimum absolute atomic E-state index is 0.190. The number of aliphatic carboxylic acids is 1. The lowest BCUT2D eigenvalue weighted by Gasteiger charge is -2.22. The predicted octanol–water partition coefficient (Wildman–Crippen LogP) is 1.13. The Kier molecular flexibility index (Phi) is 4.91. The van der Waals surface area contributed by atoms with Gasteiger partial charge in [-0.15, -0.1) is 0 Å². The van der Waals surface area contributed by atoms with E-state index in [-0.39, 0.29) is 17.1 Å². The minimum Gasteiger partial charge on any atom is -0.480 e. The van der Waals surface area contributed by atoms with E-state index in [1.807, 2.05) is 6.92 Å². The van der Waals surface area contributed by atoms with Crippen LogP contribution in [0.1, 0.15) is 23.7 Å². The summed E-state index contributed by atoms with van der Waals surface area (Å²) in [7, 11) is 0. The first-order valence-corrected chi connectivity index (χ1v) is 5.75. The zero-order valence-corrected chi connectivity index (χ0v) is 10.6. The number of halogens is 1. The summed E-state index contributed by atoms with van der Waals surface area (Å²) in [5.41, 5.74) is 5.29. The van der Waals surface area contributed by atoms with E-state index in [4.69, 9.17) is 22.4 Å². The average molecular weight is 272 g/mol. The lowest BCUT2D eigenvalue weighted by molar-refractivity contribution is -0.135. The summed E-state index contributed by atoms with van der Waals surface area (Å²) in [6, 6.07) is 1.39. The molecule has 0 unspecified atom stereocenters. The lowest BCUT2D eigenvalue weighted by Crippen LogP contribution is -2.31. The van der Waals surface area contributed by atoms with Gasteiger partial charge in [-0.05, 0) is 12.5 Å². The molecule has 6 nitrogen and oxygen atoms in total. The summed E-state index contributed by atoms with van der Waals surface area (Å²) < 4.78 is 0. The Bertz CT molecular complexity index is 465. The van der Waals surface area contributed by atoms with Crippen LogP contribution < -0.4 is 10.6 Å². The molecule has 0 saturated heterocycles. The largest absolute Gasteiger partial charge is 0.480 e. The van der Waals surface area contributed by atoms with Crippen LogP contribution in [0.15, 0.2) is 12.3 Å². The van der Waals surface area contributed by atoms with Crippen LogP contribution in [0.4, 0.5) is 5.82 Å². The molecular weight excluding hydrogens is 258 g/mol. The second kappa shape index (κ2) is 6.20. The molecular formula is C11H14ClN3O3. The van der Waals surface area contributed by atoms with Crippen LogP contribution in [0.5, 0.6) is 0 Å². The number of nitrogens with two attached hydrogens (primary N) is 1. The fraction of sp³-hybridized carbons (Fsp3) is 0.364. The summed E-state index contributed by atoms with van der Waals surface area (Å²) >= 11 is 5.98. The van der Waals surface area contributed by atoms with Gasteiger partial charge in [0.15, 0.2) is 0 Å². The molecule has 1 rings (SSSR count). The summed E-state index contributed by atoms with van der Waals surface area (Å²) in [6.45, 7) is 2.23. The molecule has 0 fully saturated rings. The maximum Gasteiger partial charge on any atom is 0.323 e. The first kappa shape index (κ1) is 14.2. The smallest absolute Gasteiger partial charge is 0.323 e. The van der Waals surface area contributed by atoms with E-state index in [2.05, 4.69) is 4.98 Å². The number of pyridine rings is 1. The highest BCUT2D eigenvalue weighted by Gasteiger charge is 2.15. The number of carboxylic acids is 1. The van der Waals surface area contributed by atoms with Crippen molar-refractivity contribution in [3.05, 3.63) is 22.8 Å². The third-order valence-electron chi connectivity index (χ3n) is 2.23. The van der Waals surface area contributed by atoms with Crippen molar-refractivity contribution in [2.24, 2.45) is 5.73 Å². The number of primary amides is 1. The quantitative estimate of drug-likeness (QED) is 0.808. The normalized spacial score (nSPS) is 10.1. The molecule has 0 aliphatic carbocycles. The maximum absolute atomic E-state index is 11.0. The van der Waals surface area contributed by atoms with Gasteiger partial charge >= 0.3 is 5.97 Å². The van der Waals surface area contributed by atoms with E-state index < -0.39 is 11.9 Å². The molecule has 0 spiro atoms. The number of carbonyl (C=O) groups is 2. The van der Waals surface area contributed by atoms with E-state index in [0.717, 1.165) is 6.42 Å². The minimum atomic E-state index is -0.972. The van der Waals surface area contributed by atoms with Crippen molar-refractivity contribution in [1.82, 2.24) is 4.98 Å². The molecule has 0 radical (unpaired) electrons. The van der Waals surface area contributed by atoms with E-state index in [9.17, 15) is 9.59 Å². The zero-order valence-electron chi connectivity index (χ0n) is 9.89. The molecule has 18 heavy (non-hydrogen) atoms. The van der Waals surface area contributed by atoms with E-state index in [1.54, 1.807) is 0 Å². The van der Waals surface area contributed by atoms with Gasteiger partial charge in [0.25, 0.3) is 0 Å². The summed E-state index contributed by atoms with van der Waals surface area (Å²) in [4.78, 5) is 27.2. The van der Waals surface area contributed by atoms with Crippen LogP contribution in [0.25, 0.3) is 0 Å². The van der Waals surface area contributed by atoms with Crippen molar-refractivity contribution in [2.45, 2.75) is 13.3 Å². The molecule has 98 valence electrons. The molecule has 1 aromatic rings. The Morgan fingerprint density at radius 3 is 2.67 bits per heavy atom. The number of carbonyl (C=O) groups excluding carboxylic acids is 1. The van der Waals surface area contributed by atoms with Crippen LogP contribution in [0.3, 0.4) is 0 Å². The summed E-state index contributed by atoms with van der Waals surface area (Å²) in [6.07, 6.45) is 2.04. The van der Waals surface area contributed by atoms with E-state index in [0.29, 0.717) is 12.4 Å². The molecule has 3 N–H and O–H groups in total. The second-order valence-corrected chi connectivity index (χ2v) is 4.12. The van der Waals surface area contributed by atoms with Gasteiger partial charge in [0.05, 0.1) is 10.6 Å². The Hall–Kier alpha value is -1.82. The fourth-order valence-corrected chi connectivity index (χ4v) is 1.78. The average Bonchev–Trinajstić information content (AvgIpc) is 2.27. The molecule has 0 aromatic carbocycles. The first-order valence-electron chi connectivity index (χ1n) is 5.37. The van der Waals surface area contributed by atoms with Crippen molar-refractivity contribution < 1.29 is 14.7 Å². The van der Waals surface area contributed by atoms with Gasteiger partial charge < -0.3 is 15.7 Å². The number of nitrogens with zero attached hydrogens (tertiary/aromatic N) is 2. The number of amides is 1. The van der Waals surface area contributed by atoms with Crippen LogP contribution in [0.2, 0.25) is 5.02 Å². The number of rotatable bonds is 6. The Morgan fingerprint density at radius 1 is 1.56 bits per heavy atom. The van der Waals surface area contributed by atoms with Gasteiger partial charge in [0.1, 0.15) is 12.4 Å². The molecule has 0 saturated carbocycles. The Balaban J connectivity index is 3.04. The number of aromatic nitrogens is 1. The molecule has 0 aliphatic heterocycles. The van der Waals surface area contributed by atoms with Gasteiger partial charge in [-0.3, -0.25) is 9.59 Å². The monoisotopic (exact) mass is 271 g/mol. The first-order chi connectivity index (χ1) is 8.45. The van der Waals surface area contributed by atoms with Crippen molar-refractivity contribution >= 4 is 29.3 Å². The molecule has 0 atom stereocenters. The van der Waals surface area contributed by atoms with Crippen LogP contribution in [0, 0.1) is 0 Å². The van der Waals surface area contributed by atoms with Gasteiger partial charge in [0, 0.05) is 12.7 Å². The van der Waals surface area contributed by atoms with Gasteiger partial charge in [-0.2, -0.15) is 0 Å². The number of hydrogen-bond donors (Lipinski definition) is 2. The van der Waals surface area contributed by atoms with Crippen molar-refractivity contribution in [2.75, 3.05) is 18.0 Å². The van der Waals surface area contributed by atoms with E-state index in [1.165, 1.54) is 17.2 Å². The van der Waals surface area contributed by atoms with Crippen molar-refractivity contribution in [1.29, 1.82) is 0 Å². The maximum atomic E-state index is 11.0. The third-order valence-corrected chi connectivity index (χ3v) is 2.50. The topological polar surface area (TPSA) is 96.5 Å². The van der Waals surface area contributed by atoms with Crippen molar-refractivity contribution in [3.63, 3.8) is 0 Å². The second-order valence-electron chi connectivity index (χ2n) is 3.71. The highest BCUT2D eigenvalue weighted by Crippen LogP contribution is 2.24. The highest BCUT2D eigenvalue weighted by molar-refractivity contribution is 6.33. The van der Waals surface area contributed by atoms with Gasteiger partial charge in [0.2, 0.25) is 5.91 Å². The molecule has 0 bridgehead atoms. The van der Waals surface area contributed by atoms with Crippen LogP contribution in [-0.2, 0) is 4.79 Å². The molecule has 0 aliphatic rings. The number of carboxylic acid groups (broad SMARTS) is 1. The lowest BCUT2D eigenvalue weighted by atomic mass is 10.2. The third kappa shape index (κ3) is 3.59.